The zero-order valence-corrected chi connectivity index (χ0v) is 16.4. The Labute approximate surface area is 164 Å². The van der Waals surface area contributed by atoms with E-state index >= 15 is 0 Å². The molecule has 1 aliphatic heterocycles. The number of hydrogen-bond donors (Lipinski definition) is 1. The third kappa shape index (κ3) is 4.70. The average Bonchev–Trinajstić information content (AvgIpc) is 3.20. The fourth-order valence-electron chi connectivity index (χ4n) is 3.53. The van der Waals surface area contributed by atoms with Crippen molar-refractivity contribution in [3.8, 4) is 11.3 Å². The molecule has 0 unspecified atom stereocenters. The van der Waals surface area contributed by atoms with Gasteiger partial charge >= 0.3 is 6.18 Å². The largest absolute Gasteiger partial charge is 0.416 e. The molecule has 2 heterocycles. The maximum Gasteiger partial charge on any atom is 0.416 e. The number of hydrogen-bond acceptors (Lipinski definition) is 4. The zero-order valence-electron chi connectivity index (χ0n) is 15.6. The average molecular weight is 415 g/mol. The van der Waals surface area contributed by atoms with Gasteiger partial charge in [0.1, 0.15) is 5.82 Å². The molecule has 1 N–H and O–H groups in total. The Balaban J connectivity index is 2.02. The number of carbonyl (C=O) groups excluding carboxylic acids is 1. The van der Waals surface area contributed by atoms with E-state index in [2.05, 4.69) is 22.1 Å². The molecule has 0 aliphatic carbocycles. The molecule has 0 bridgehead atoms. The van der Waals surface area contributed by atoms with E-state index in [0.29, 0.717) is 28.7 Å². The van der Waals surface area contributed by atoms with Crippen LogP contribution >= 0.6 is 11.3 Å². The van der Waals surface area contributed by atoms with Crippen molar-refractivity contribution < 1.29 is 22.4 Å². The lowest BCUT2D eigenvalue weighted by Gasteiger charge is -2.22. The van der Waals surface area contributed by atoms with Gasteiger partial charge in [-0.25, -0.2) is 9.37 Å². The molecule has 1 aromatic heterocycles. The Bertz CT molecular complexity index is 865. The number of anilines is 1. The first-order valence-corrected chi connectivity index (χ1v) is 9.88. The van der Waals surface area contributed by atoms with Gasteiger partial charge in [0.2, 0.25) is 5.91 Å². The molecule has 0 spiro atoms. The van der Waals surface area contributed by atoms with Crippen LogP contribution in [0.1, 0.15) is 43.6 Å². The Hall–Kier alpha value is -2.00. The smallest absolute Gasteiger partial charge is 0.302 e. The van der Waals surface area contributed by atoms with E-state index in [9.17, 15) is 22.4 Å². The molecule has 4 nitrogen and oxygen atoms in total. The Morgan fingerprint density at radius 2 is 2.11 bits per heavy atom. The number of amides is 1. The molecule has 1 aromatic carbocycles. The second-order valence-electron chi connectivity index (χ2n) is 6.87. The van der Waals surface area contributed by atoms with Crippen LogP contribution in [0.25, 0.3) is 11.3 Å². The summed E-state index contributed by atoms with van der Waals surface area (Å²) >= 11 is 1.21. The SMILES string of the molecule is CC[C@@H]1CCCN1Cc1sc(NC(C)=O)nc1-c1cc(F)cc(C(F)(F)F)c1. The monoisotopic (exact) mass is 415 g/mol. The van der Waals surface area contributed by atoms with E-state index in [1.54, 1.807) is 0 Å². The summed E-state index contributed by atoms with van der Waals surface area (Å²) < 4.78 is 53.3. The highest BCUT2D eigenvalue weighted by molar-refractivity contribution is 7.16. The summed E-state index contributed by atoms with van der Waals surface area (Å²) in [6, 6.07) is 2.82. The van der Waals surface area contributed by atoms with Gasteiger partial charge < -0.3 is 5.32 Å². The summed E-state index contributed by atoms with van der Waals surface area (Å²) in [7, 11) is 0. The van der Waals surface area contributed by atoms with Crippen molar-refractivity contribution in [1.29, 1.82) is 0 Å². The lowest BCUT2D eigenvalue weighted by Crippen LogP contribution is -2.28. The van der Waals surface area contributed by atoms with Crippen molar-refractivity contribution in [3.63, 3.8) is 0 Å². The number of likely N-dealkylation sites (tertiary alicyclic amines) is 1. The van der Waals surface area contributed by atoms with Crippen LogP contribution in [-0.4, -0.2) is 28.4 Å². The summed E-state index contributed by atoms with van der Waals surface area (Å²) in [4.78, 5) is 18.7. The molecule has 1 fully saturated rings. The van der Waals surface area contributed by atoms with Crippen molar-refractivity contribution in [3.05, 3.63) is 34.5 Å². The highest BCUT2D eigenvalue weighted by Crippen LogP contribution is 2.37. The van der Waals surface area contributed by atoms with Crippen molar-refractivity contribution in [2.45, 2.75) is 51.9 Å². The van der Waals surface area contributed by atoms with Crippen LogP contribution in [-0.2, 0) is 17.5 Å². The van der Waals surface area contributed by atoms with Gasteiger partial charge in [-0.05, 0) is 44.0 Å². The molecular weight excluding hydrogens is 394 g/mol. The number of rotatable bonds is 5. The molecular formula is C19H21F4N3OS. The van der Waals surface area contributed by atoms with Crippen LogP contribution in [0.2, 0.25) is 0 Å². The van der Waals surface area contributed by atoms with Crippen LogP contribution in [0.5, 0.6) is 0 Å². The topological polar surface area (TPSA) is 45.2 Å². The minimum atomic E-state index is -4.66. The summed E-state index contributed by atoms with van der Waals surface area (Å²) in [5.41, 5.74) is -0.724. The molecule has 0 saturated carbocycles. The van der Waals surface area contributed by atoms with Crippen LogP contribution in [0.4, 0.5) is 22.7 Å². The summed E-state index contributed by atoms with van der Waals surface area (Å²) in [5.74, 6) is -1.30. The van der Waals surface area contributed by atoms with E-state index in [1.807, 2.05) is 0 Å². The lowest BCUT2D eigenvalue weighted by atomic mass is 10.1. The van der Waals surface area contributed by atoms with Crippen molar-refractivity contribution in [2.75, 3.05) is 11.9 Å². The normalized spacial score (nSPS) is 17.9. The Kier molecular flexibility index (Phi) is 6.04. The molecule has 1 atom stereocenters. The number of thiazole rings is 1. The van der Waals surface area contributed by atoms with Crippen LogP contribution in [0.15, 0.2) is 18.2 Å². The standard InChI is InChI=1S/C19H21F4N3OS/c1-3-15-5-4-6-26(15)10-16-17(25-18(28-16)24-11(2)27)12-7-13(19(21,22)23)9-14(20)8-12/h7-9,15H,3-6,10H2,1-2H3,(H,24,25,27)/t15-/m1/s1. The highest BCUT2D eigenvalue weighted by atomic mass is 32.1. The molecule has 9 heteroatoms. The van der Waals surface area contributed by atoms with E-state index in [0.717, 1.165) is 37.9 Å². The first kappa shape index (κ1) is 20.7. The van der Waals surface area contributed by atoms with Crippen molar-refractivity contribution in [2.24, 2.45) is 0 Å². The quantitative estimate of drug-likeness (QED) is 0.674. The first-order chi connectivity index (χ1) is 13.2. The molecule has 28 heavy (non-hydrogen) atoms. The molecule has 2 aromatic rings. The lowest BCUT2D eigenvalue weighted by molar-refractivity contribution is -0.137. The summed E-state index contributed by atoms with van der Waals surface area (Å²) in [5, 5.41) is 2.87. The summed E-state index contributed by atoms with van der Waals surface area (Å²) in [6.07, 6.45) is -1.55. The van der Waals surface area contributed by atoms with Crippen LogP contribution < -0.4 is 5.32 Å². The van der Waals surface area contributed by atoms with Gasteiger partial charge in [-0.1, -0.05) is 18.3 Å². The number of alkyl halides is 3. The highest BCUT2D eigenvalue weighted by Gasteiger charge is 2.32. The minimum Gasteiger partial charge on any atom is -0.302 e. The maximum atomic E-state index is 13.9. The minimum absolute atomic E-state index is 0.0578. The maximum absolute atomic E-state index is 13.9. The molecule has 3 rings (SSSR count). The second-order valence-corrected chi connectivity index (χ2v) is 7.96. The number of nitrogens with one attached hydrogen (secondary N) is 1. The van der Waals surface area contributed by atoms with E-state index in [4.69, 9.17) is 0 Å². The third-order valence-corrected chi connectivity index (χ3v) is 5.75. The predicted octanol–water partition coefficient (Wildman–Crippen LogP) is 5.30. The van der Waals surface area contributed by atoms with Crippen molar-refractivity contribution >= 4 is 22.4 Å². The predicted molar refractivity (Wildman–Crippen MR) is 101 cm³/mol. The molecule has 0 radical (unpaired) electrons. The molecule has 152 valence electrons. The van der Waals surface area contributed by atoms with Crippen molar-refractivity contribution in [1.82, 2.24) is 9.88 Å². The zero-order chi connectivity index (χ0) is 20.5. The van der Waals surface area contributed by atoms with Gasteiger partial charge in [0.05, 0.1) is 11.3 Å². The van der Waals surface area contributed by atoms with E-state index in [-0.39, 0.29) is 17.2 Å². The molecule has 1 amide bonds. The van der Waals surface area contributed by atoms with E-state index < -0.39 is 17.6 Å². The van der Waals surface area contributed by atoms with Gasteiger partial charge in [-0.15, -0.1) is 0 Å². The number of benzene rings is 1. The second kappa shape index (κ2) is 8.16. The number of nitrogens with zero attached hydrogens (tertiary/aromatic N) is 2. The van der Waals surface area contributed by atoms with Gasteiger partial charge in [-0.3, -0.25) is 9.69 Å². The van der Waals surface area contributed by atoms with Crippen LogP contribution in [0.3, 0.4) is 0 Å². The number of aromatic nitrogens is 1. The molecule has 1 aliphatic rings. The number of carbonyl (C=O) groups is 1. The Morgan fingerprint density at radius 3 is 2.75 bits per heavy atom. The van der Waals surface area contributed by atoms with Crippen LogP contribution in [0, 0.1) is 5.82 Å². The van der Waals surface area contributed by atoms with Gasteiger partial charge in [0, 0.05) is 30.0 Å². The fraction of sp³-hybridized carbons (Fsp3) is 0.474. The third-order valence-electron chi connectivity index (χ3n) is 4.80. The van der Waals surface area contributed by atoms with E-state index in [1.165, 1.54) is 18.3 Å². The molecule has 1 saturated heterocycles. The van der Waals surface area contributed by atoms with Gasteiger partial charge in [0.25, 0.3) is 0 Å². The number of halogens is 4. The fourth-order valence-corrected chi connectivity index (χ4v) is 4.58. The summed E-state index contributed by atoms with van der Waals surface area (Å²) in [6.45, 7) is 4.82. The Morgan fingerprint density at radius 1 is 1.36 bits per heavy atom. The first-order valence-electron chi connectivity index (χ1n) is 9.07. The van der Waals surface area contributed by atoms with Gasteiger partial charge in [-0.2, -0.15) is 13.2 Å². The van der Waals surface area contributed by atoms with Gasteiger partial charge in [0.15, 0.2) is 5.13 Å².